The summed E-state index contributed by atoms with van der Waals surface area (Å²) in [4.78, 5) is 25.1. The van der Waals surface area contributed by atoms with Crippen molar-refractivity contribution < 1.29 is 13.9 Å². The van der Waals surface area contributed by atoms with Gasteiger partial charge in [-0.2, -0.15) is 0 Å². The van der Waals surface area contributed by atoms with Crippen molar-refractivity contribution in [1.82, 2.24) is 20.3 Å². The van der Waals surface area contributed by atoms with Gasteiger partial charge in [-0.3, -0.25) is 0 Å². The maximum atomic E-state index is 11.4. The van der Waals surface area contributed by atoms with Crippen molar-refractivity contribution in [3.63, 3.8) is 0 Å². The van der Waals surface area contributed by atoms with E-state index in [0.717, 1.165) is 31.5 Å². The molecule has 1 aliphatic carbocycles. The highest BCUT2D eigenvalue weighted by Crippen LogP contribution is 2.46. The smallest absolute Gasteiger partial charge is 0.407 e. The Morgan fingerprint density at radius 3 is 2.77 bits per heavy atom. The average Bonchev–Trinajstić information content (AvgIpc) is 3.61. The molecule has 0 unspecified atom stereocenters. The number of nitrogens with zero attached hydrogens (tertiary/aromatic N) is 3. The molecule has 1 amide bonds. The summed E-state index contributed by atoms with van der Waals surface area (Å²) >= 11 is 13.2. The van der Waals surface area contributed by atoms with E-state index in [0.29, 0.717) is 57.1 Å². The van der Waals surface area contributed by atoms with Gasteiger partial charge in [0.1, 0.15) is 11.4 Å². The molecule has 1 saturated carbocycles. The van der Waals surface area contributed by atoms with Crippen molar-refractivity contribution >= 4 is 40.9 Å². The lowest BCUT2D eigenvalue weighted by Gasteiger charge is -2.14. The first-order chi connectivity index (χ1) is 16.9. The number of anilines is 2. The summed E-state index contributed by atoms with van der Waals surface area (Å²) < 4.78 is 10.8. The second kappa shape index (κ2) is 11.1. The fourth-order valence-corrected chi connectivity index (χ4v) is 3.96. The van der Waals surface area contributed by atoms with Crippen LogP contribution in [-0.4, -0.2) is 47.3 Å². The minimum absolute atomic E-state index is 0.198. The van der Waals surface area contributed by atoms with Gasteiger partial charge in [0.2, 0.25) is 5.95 Å². The summed E-state index contributed by atoms with van der Waals surface area (Å²) in [7, 11) is 1.32. The van der Waals surface area contributed by atoms with Crippen LogP contribution in [0.2, 0.25) is 10.0 Å². The lowest BCUT2D eigenvalue weighted by molar-refractivity contribution is 0.168. The van der Waals surface area contributed by atoms with Crippen LogP contribution >= 0.6 is 23.2 Å². The van der Waals surface area contributed by atoms with E-state index in [1.165, 1.54) is 7.11 Å². The average molecular weight is 519 g/mol. The van der Waals surface area contributed by atoms with Gasteiger partial charge in [0.25, 0.3) is 0 Å². The summed E-state index contributed by atoms with van der Waals surface area (Å²) in [5.41, 5.74) is 2.57. The van der Waals surface area contributed by atoms with Crippen molar-refractivity contribution in [2.45, 2.75) is 45.1 Å². The molecular formula is C24H28Cl2N6O3. The molecule has 1 atom stereocenters. The minimum Gasteiger partial charge on any atom is -0.453 e. The molecule has 0 spiro atoms. The number of hydrogen-bond acceptors (Lipinski definition) is 8. The van der Waals surface area contributed by atoms with Crippen LogP contribution in [-0.2, 0) is 4.74 Å². The first kappa shape index (κ1) is 25.1. The molecule has 4 rings (SSSR count). The monoisotopic (exact) mass is 518 g/mol. The molecule has 186 valence electrons. The number of alkyl carbamates (subject to hydrolysis) is 1. The second-order valence-electron chi connectivity index (χ2n) is 8.43. The number of hydrogen-bond donors (Lipinski definition) is 3. The molecule has 0 aliphatic heterocycles. The molecule has 2 aromatic heterocycles. The van der Waals surface area contributed by atoms with Gasteiger partial charge < -0.3 is 25.1 Å². The second-order valence-corrected chi connectivity index (χ2v) is 9.24. The van der Waals surface area contributed by atoms with Crippen LogP contribution in [0.15, 0.2) is 28.8 Å². The first-order valence-corrected chi connectivity index (χ1v) is 12.3. The van der Waals surface area contributed by atoms with Gasteiger partial charge in [-0.25, -0.2) is 19.7 Å². The molecular weight excluding hydrogens is 491 g/mol. The number of nitrogens with one attached hydrogen (secondary N) is 3. The third kappa shape index (κ3) is 6.15. The number of halogens is 2. The predicted molar refractivity (Wildman–Crippen MR) is 137 cm³/mol. The molecule has 9 nitrogen and oxygen atoms in total. The zero-order valence-corrected chi connectivity index (χ0v) is 21.3. The van der Waals surface area contributed by atoms with E-state index in [-0.39, 0.29) is 6.04 Å². The number of carbonyl (C=O) groups excluding carboxylic acids is 1. The summed E-state index contributed by atoms with van der Waals surface area (Å²) in [5.74, 6) is 1.85. The lowest BCUT2D eigenvalue weighted by Crippen LogP contribution is -2.37. The van der Waals surface area contributed by atoms with Crippen LogP contribution in [0.5, 0.6) is 0 Å². The Morgan fingerprint density at radius 2 is 2.06 bits per heavy atom. The molecule has 1 aromatic carbocycles. The molecule has 0 saturated heterocycles. The maximum Gasteiger partial charge on any atom is 0.407 e. The third-order valence-corrected chi connectivity index (χ3v) is 6.06. The molecule has 3 N–H and O–H groups in total. The Balaban J connectivity index is 1.66. The van der Waals surface area contributed by atoms with Crippen LogP contribution in [0, 0.1) is 0 Å². The number of methoxy groups -OCH3 is 1. The van der Waals surface area contributed by atoms with Crippen LogP contribution in [0.3, 0.4) is 0 Å². The van der Waals surface area contributed by atoms with Gasteiger partial charge in [0, 0.05) is 41.8 Å². The zero-order valence-electron chi connectivity index (χ0n) is 19.8. The molecule has 11 heteroatoms. The molecule has 35 heavy (non-hydrogen) atoms. The highest BCUT2D eigenvalue weighted by molar-refractivity contribution is 6.38. The number of carbonyl (C=O) groups is 1. The van der Waals surface area contributed by atoms with E-state index < -0.39 is 6.09 Å². The van der Waals surface area contributed by atoms with Gasteiger partial charge in [-0.15, -0.1) is 0 Å². The topological polar surface area (TPSA) is 114 Å². The molecule has 3 aromatic rings. The van der Waals surface area contributed by atoms with E-state index in [1.54, 1.807) is 24.4 Å². The number of aromatic nitrogens is 3. The highest BCUT2D eigenvalue weighted by Gasteiger charge is 2.32. The normalized spacial score (nSPS) is 13.9. The number of ether oxygens (including phenoxy) is 1. The quantitative estimate of drug-likeness (QED) is 0.301. The summed E-state index contributed by atoms with van der Waals surface area (Å²) in [6.07, 6.45) is 4.16. The Morgan fingerprint density at radius 1 is 1.26 bits per heavy atom. The van der Waals surface area contributed by atoms with Crippen molar-refractivity contribution in [3.05, 3.63) is 40.3 Å². The number of rotatable bonds is 10. The zero-order chi connectivity index (χ0) is 24.9. The molecule has 1 aliphatic rings. The van der Waals surface area contributed by atoms with Crippen molar-refractivity contribution in [2.75, 3.05) is 30.8 Å². The van der Waals surface area contributed by atoms with Gasteiger partial charge in [-0.05, 0) is 44.4 Å². The fourth-order valence-electron chi connectivity index (χ4n) is 3.47. The van der Waals surface area contributed by atoms with Crippen LogP contribution in [0.4, 0.5) is 16.4 Å². The fraction of sp³-hybridized carbons (Fsp3) is 0.417. The summed E-state index contributed by atoms with van der Waals surface area (Å²) in [6.45, 7) is 5.09. The lowest BCUT2D eigenvalue weighted by atomic mass is 10.1. The molecule has 2 heterocycles. The summed E-state index contributed by atoms with van der Waals surface area (Å²) in [6, 6.07) is 5.16. The van der Waals surface area contributed by atoms with Gasteiger partial charge in [0.05, 0.1) is 17.8 Å². The predicted octanol–water partition coefficient (Wildman–Crippen LogP) is 5.96. The Labute approximate surface area is 214 Å². The van der Waals surface area contributed by atoms with E-state index >= 15 is 0 Å². The molecule has 1 fully saturated rings. The number of amides is 1. The first-order valence-electron chi connectivity index (χ1n) is 11.5. The van der Waals surface area contributed by atoms with Crippen LogP contribution < -0.4 is 16.0 Å². The molecule has 0 bridgehead atoms. The van der Waals surface area contributed by atoms with Gasteiger partial charge in [0.15, 0.2) is 11.7 Å². The highest BCUT2D eigenvalue weighted by atomic mass is 35.5. The van der Waals surface area contributed by atoms with Gasteiger partial charge >= 0.3 is 6.09 Å². The van der Waals surface area contributed by atoms with Crippen molar-refractivity contribution in [2.24, 2.45) is 0 Å². The standard InChI is InChI=1S/C24H28Cl2N6O3/c1-4-8-27-18-11-15(25)10-16(19(18)26)20-21(35-22(32-20)14-5-6-14)17-7-9-28-23(31-17)29-12-13(2)30-24(33)34-3/h7,9-11,13-14,27H,4-6,8,12H2,1-3H3,(H,30,33)(H,28,29,31)/t13-/m0/s1. The van der Waals surface area contributed by atoms with E-state index in [2.05, 4.69) is 37.6 Å². The summed E-state index contributed by atoms with van der Waals surface area (Å²) in [5, 5.41) is 10.2. The maximum absolute atomic E-state index is 11.4. The molecule has 0 radical (unpaired) electrons. The minimum atomic E-state index is -0.501. The van der Waals surface area contributed by atoms with E-state index in [9.17, 15) is 4.79 Å². The van der Waals surface area contributed by atoms with Crippen molar-refractivity contribution in [1.29, 1.82) is 0 Å². The van der Waals surface area contributed by atoms with Crippen LogP contribution in [0.1, 0.15) is 44.9 Å². The van der Waals surface area contributed by atoms with Crippen molar-refractivity contribution in [3.8, 4) is 22.7 Å². The Kier molecular flexibility index (Phi) is 7.97. The Hall–Kier alpha value is -3.04. The van der Waals surface area contributed by atoms with E-state index in [4.69, 9.17) is 32.6 Å². The number of oxazole rings is 1. The number of benzene rings is 1. The largest absolute Gasteiger partial charge is 0.453 e. The third-order valence-electron chi connectivity index (χ3n) is 5.43. The van der Waals surface area contributed by atoms with E-state index in [1.807, 2.05) is 6.92 Å². The van der Waals surface area contributed by atoms with Crippen LogP contribution in [0.25, 0.3) is 22.7 Å². The SMILES string of the molecule is CCCNc1cc(Cl)cc(-c2nc(C3CC3)oc2-c2ccnc(NC[C@H](C)NC(=O)OC)n2)c1Cl. The Bertz CT molecular complexity index is 1200. The van der Waals surface area contributed by atoms with Gasteiger partial charge in [-0.1, -0.05) is 30.1 Å².